The molecule has 0 spiro atoms. The second-order valence-electron chi connectivity index (χ2n) is 3.16. The van der Waals surface area contributed by atoms with Crippen molar-refractivity contribution in [1.82, 2.24) is 15.5 Å². The standard InChI is InChI=1S/C8H11N3O3/c12-4-9-6-1-2-7(13-3-6)8-11-10-5-14-8/h4-7H,1-3H2,(H,9,12)/t6-,7+/m1/s1. The Labute approximate surface area is 80.6 Å². The molecule has 0 unspecified atom stereocenters. The van der Waals surface area contributed by atoms with Crippen LogP contribution in [0.15, 0.2) is 10.8 Å². The Morgan fingerprint density at radius 1 is 1.57 bits per heavy atom. The van der Waals surface area contributed by atoms with E-state index in [9.17, 15) is 4.79 Å². The zero-order chi connectivity index (χ0) is 9.80. The monoisotopic (exact) mass is 197 g/mol. The number of hydrogen-bond acceptors (Lipinski definition) is 5. The van der Waals surface area contributed by atoms with E-state index in [1.165, 1.54) is 6.39 Å². The molecule has 6 heteroatoms. The number of nitrogens with one attached hydrogen (secondary N) is 1. The molecule has 14 heavy (non-hydrogen) atoms. The Morgan fingerprint density at radius 2 is 2.50 bits per heavy atom. The van der Waals surface area contributed by atoms with Crippen molar-refractivity contribution in [2.75, 3.05) is 6.61 Å². The molecule has 0 aromatic carbocycles. The third-order valence-electron chi connectivity index (χ3n) is 2.23. The number of nitrogens with zero attached hydrogens (tertiary/aromatic N) is 2. The maximum absolute atomic E-state index is 10.2. The van der Waals surface area contributed by atoms with Crippen molar-refractivity contribution in [2.45, 2.75) is 25.0 Å². The SMILES string of the molecule is O=CN[C@@H]1CC[C@@H](c2nnco2)OC1. The molecule has 0 aliphatic carbocycles. The summed E-state index contributed by atoms with van der Waals surface area (Å²) in [4.78, 5) is 10.2. The molecule has 1 aliphatic rings. The maximum Gasteiger partial charge on any atom is 0.244 e. The summed E-state index contributed by atoms with van der Waals surface area (Å²) in [6.07, 6.45) is 3.51. The normalized spacial score (nSPS) is 27.1. The van der Waals surface area contributed by atoms with Gasteiger partial charge in [0.2, 0.25) is 18.7 Å². The molecular formula is C8H11N3O3. The summed E-state index contributed by atoms with van der Waals surface area (Å²) in [6.45, 7) is 0.492. The predicted molar refractivity (Wildman–Crippen MR) is 45.2 cm³/mol. The fourth-order valence-electron chi connectivity index (χ4n) is 1.50. The zero-order valence-electron chi connectivity index (χ0n) is 7.55. The van der Waals surface area contributed by atoms with Crippen LogP contribution in [0.1, 0.15) is 24.8 Å². The summed E-state index contributed by atoms with van der Waals surface area (Å²) in [5.41, 5.74) is 0. The number of carbonyl (C=O) groups is 1. The summed E-state index contributed by atoms with van der Waals surface area (Å²) in [6, 6.07) is 0.103. The van der Waals surface area contributed by atoms with E-state index in [-0.39, 0.29) is 12.1 Å². The molecule has 1 aliphatic heterocycles. The minimum absolute atomic E-state index is 0.103. The molecule has 1 saturated heterocycles. The maximum atomic E-state index is 10.2. The number of aromatic nitrogens is 2. The minimum atomic E-state index is -0.123. The van der Waals surface area contributed by atoms with Crippen LogP contribution in [0.5, 0.6) is 0 Å². The van der Waals surface area contributed by atoms with Gasteiger partial charge in [0.05, 0.1) is 12.6 Å². The van der Waals surface area contributed by atoms with Gasteiger partial charge in [0.1, 0.15) is 6.10 Å². The van der Waals surface area contributed by atoms with Crippen LogP contribution in [-0.2, 0) is 9.53 Å². The summed E-state index contributed by atoms with van der Waals surface area (Å²) in [7, 11) is 0. The van der Waals surface area contributed by atoms with E-state index >= 15 is 0 Å². The molecule has 2 rings (SSSR count). The van der Waals surface area contributed by atoms with E-state index in [1.807, 2.05) is 0 Å². The molecule has 0 radical (unpaired) electrons. The molecule has 1 aromatic heterocycles. The van der Waals surface area contributed by atoms with E-state index < -0.39 is 0 Å². The molecule has 2 atom stereocenters. The van der Waals surface area contributed by atoms with E-state index in [0.717, 1.165) is 12.8 Å². The first-order valence-electron chi connectivity index (χ1n) is 4.47. The molecule has 2 heterocycles. The predicted octanol–water partition coefficient (Wildman–Crippen LogP) is 0.0357. The van der Waals surface area contributed by atoms with Crippen molar-refractivity contribution in [2.24, 2.45) is 0 Å². The molecule has 1 amide bonds. The first-order valence-corrected chi connectivity index (χ1v) is 4.47. The van der Waals surface area contributed by atoms with Crippen LogP contribution in [0.4, 0.5) is 0 Å². The Bertz CT molecular complexity index is 280. The van der Waals surface area contributed by atoms with Crippen molar-refractivity contribution >= 4 is 6.41 Å². The van der Waals surface area contributed by atoms with Gasteiger partial charge in [-0.1, -0.05) is 0 Å². The first kappa shape index (κ1) is 9.14. The Hall–Kier alpha value is -1.43. The van der Waals surface area contributed by atoms with Gasteiger partial charge < -0.3 is 14.5 Å². The van der Waals surface area contributed by atoms with E-state index in [1.54, 1.807) is 0 Å². The lowest BCUT2D eigenvalue weighted by Gasteiger charge is -2.26. The fraction of sp³-hybridized carbons (Fsp3) is 0.625. The van der Waals surface area contributed by atoms with Crippen LogP contribution in [0, 0.1) is 0 Å². The molecule has 76 valence electrons. The molecule has 1 N–H and O–H groups in total. The summed E-state index contributed by atoms with van der Waals surface area (Å²) >= 11 is 0. The van der Waals surface area contributed by atoms with Gasteiger partial charge in [-0.05, 0) is 12.8 Å². The Kier molecular flexibility index (Phi) is 2.73. The average molecular weight is 197 g/mol. The topological polar surface area (TPSA) is 77.3 Å². The van der Waals surface area contributed by atoms with E-state index in [4.69, 9.17) is 9.15 Å². The van der Waals surface area contributed by atoms with Crippen LogP contribution in [-0.4, -0.2) is 29.3 Å². The highest BCUT2D eigenvalue weighted by molar-refractivity contribution is 5.46. The van der Waals surface area contributed by atoms with Crippen LogP contribution in [0.3, 0.4) is 0 Å². The van der Waals surface area contributed by atoms with Gasteiger partial charge in [-0.25, -0.2) is 0 Å². The smallest absolute Gasteiger partial charge is 0.244 e. The van der Waals surface area contributed by atoms with E-state index in [0.29, 0.717) is 18.9 Å². The van der Waals surface area contributed by atoms with E-state index in [2.05, 4.69) is 15.5 Å². The Balaban J connectivity index is 1.87. The number of ether oxygens (including phenoxy) is 1. The minimum Gasteiger partial charge on any atom is -0.425 e. The van der Waals surface area contributed by atoms with Crippen molar-refractivity contribution in [3.8, 4) is 0 Å². The summed E-state index contributed by atoms with van der Waals surface area (Å²) < 4.78 is 10.5. The van der Waals surface area contributed by atoms with Gasteiger partial charge in [-0.2, -0.15) is 0 Å². The summed E-state index contributed by atoms with van der Waals surface area (Å²) in [5.74, 6) is 0.509. The number of amides is 1. The highest BCUT2D eigenvalue weighted by Gasteiger charge is 2.25. The van der Waals surface area contributed by atoms with Crippen molar-refractivity contribution in [3.63, 3.8) is 0 Å². The number of hydrogen-bond donors (Lipinski definition) is 1. The quantitative estimate of drug-likeness (QED) is 0.692. The summed E-state index contributed by atoms with van der Waals surface area (Å²) in [5, 5.41) is 10.0. The first-order chi connectivity index (χ1) is 6.90. The van der Waals surface area contributed by atoms with Gasteiger partial charge in [0.25, 0.3) is 0 Å². The van der Waals surface area contributed by atoms with Crippen LogP contribution >= 0.6 is 0 Å². The van der Waals surface area contributed by atoms with Gasteiger partial charge >= 0.3 is 0 Å². The van der Waals surface area contributed by atoms with Crippen molar-refractivity contribution < 1.29 is 13.9 Å². The van der Waals surface area contributed by atoms with Gasteiger partial charge in [-0.15, -0.1) is 10.2 Å². The number of rotatable bonds is 3. The Morgan fingerprint density at radius 3 is 3.07 bits per heavy atom. The molecule has 1 fully saturated rings. The van der Waals surface area contributed by atoms with Crippen LogP contribution < -0.4 is 5.32 Å². The molecule has 1 aromatic rings. The van der Waals surface area contributed by atoms with Crippen LogP contribution in [0.25, 0.3) is 0 Å². The molecular weight excluding hydrogens is 186 g/mol. The lowest BCUT2D eigenvalue weighted by atomic mass is 10.1. The molecule has 0 bridgehead atoms. The van der Waals surface area contributed by atoms with Gasteiger partial charge in [0.15, 0.2) is 0 Å². The van der Waals surface area contributed by atoms with Crippen molar-refractivity contribution in [1.29, 1.82) is 0 Å². The molecule has 6 nitrogen and oxygen atoms in total. The second-order valence-corrected chi connectivity index (χ2v) is 3.16. The average Bonchev–Trinajstić information content (AvgIpc) is 2.72. The van der Waals surface area contributed by atoms with Gasteiger partial charge in [0, 0.05) is 0 Å². The van der Waals surface area contributed by atoms with Crippen molar-refractivity contribution in [3.05, 3.63) is 12.3 Å². The largest absolute Gasteiger partial charge is 0.425 e. The third kappa shape index (κ3) is 1.90. The van der Waals surface area contributed by atoms with Crippen LogP contribution in [0.2, 0.25) is 0 Å². The molecule has 0 saturated carbocycles. The highest BCUT2D eigenvalue weighted by atomic mass is 16.5. The van der Waals surface area contributed by atoms with Gasteiger partial charge in [-0.3, -0.25) is 4.79 Å². The third-order valence-corrected chi connectivity index (χ3v) is 2.23. The second kappa shape index (κ2) is 4.19. The lowest BCUT2D eigenvalue weighted by Crippen LogP contribution is -2.36. The lowest BCUT2D eigenvalue weighted by molar-refractivity contribution is -0.111. The highest BCUT2D eigenvalue weighted by Crippen LogP contribution is 2.25. The number of carbonyl (C=O) groups excluding carboxylic acids is 1. The fourth-order valence-corrected chi connectivity index (χ4v) is 1.50. The zero-order valence-corrected chi connectivity index (χ0v) is 7.55.